The molecule has 2 aromatic rings. The zero-order valence-corrected chi connectivity index (χ0v) is 17.0. The molecule has 1 aliphatic rings. The van der Waals surface area contributed by atoms with Gasteiger partial charge in [-0.1, -0.05) is 29.8 Å². The van der Waals surface area contributed by atoms with Crippen LogP contribution in [0.25, 0.3) is 0 Å². The Kier molecular flexibility index (Phi) is 6.42. The van der Waals surface area contributed by atoms with Gasteiger partial charge in [0.2, 0.25) is 0 Å². The molecule has 0 spiro atoms. The Bertz CT molecular complexity index is 875. The third-order valence-corrected chi connectivity index (χ3v) is 6.13. The molecule has 0 aliphatic carbocycles. The minimum atomic E-state index is -0.940. The van der Waals surface area contributed by atoms with Crippen LogP contribution in [0.4, 0.5) is 0 Å². The maximum absolute atomic E-state index is 12.7. The molecule has 2 aromatic carbocycles. The molecule has 0 aromatic heterocycles. The van der Waals surface area contributed by atoms with E-state index in [0.717, 1.165) is 11.3 Å². The molecule has 0 radical (unpaired) electrons. The molecule has 1 atom stereocenters. The Balaban J connectivity index is 1.69. The van der Waals surface area contributed by atoms with Gasteiger partial charge in [0.15, 0.2) is 0 Å². The van der Waals surface area contributed by atoms with Crippen molar-refractivity contribution in [3.63, 3.8) is 0 Å². The number of hydrogen-bond acceptors (Lipinski definition) is 4. The average molecular weight is 400 g/mol. The highest BCUT2D eigenvalue weighted by molar-refractivity contribution is 7.98. The molecule has 2 N–H and O–H groups in total. The SMILES string of the molecule is Cc1ccc(C)c(SCc2cccc(C(=O)NC3(CC(=O)O)CCOC3)c2)c1. The van der Waals surface area contributed by atoms with Gasteiger partial charge in [-0.25, -0.2) is 0 Å². The van der Waals surface area contributed by atoms with Crippen LogP contribution >= 0.6 is 11.8 Å². The molecule has 1 fully saturated rings. The lowest BCUT2D eigenvalue weighted by Crippen LogP contribution is -2.50. The normalized spacial score (nSPS) is 18.8. The number of hydrogen-bond donors (Lipinski definition) is 2. The Labute approximate surface area is 169 Å². The maximum Gasteiger partial charge on any atom is 0.305 e. The number of aryl methyl sites for hydroxylation is 2. The van der Waals surface area contributed by atoms with Gasteiger partial charge >= 0.3 is 5.97 Å². The van der Waals surface area contributed by atoms with E-state index in [9.17, 15) is 14.7 Å². The van der Waals surface area contributed by atoms with Crippen molar-refractivity contribution in [2.24, 2.45) is 0 Å². The fourth-order valence-corrected chi connectivity index (χ4v) is 4.38. The molecule has 148 valence electrons. The summed E-state index contributed by atoms with van der Waals surface area (Å²) >= 11 is 1.75. The minimum Gasteiger partial charge on any atom is -0.481 e. The fraction of sp³-hybridized carbons (Fsp3) is 0.364. The molecule has 28 heavy (non-hydrogen) atoms. The first-order valence-electron chi connectivity index (χ1n) is 9.28. The molecule has 3 rings (SSSR count). The third-order valence-electron chi connectivity index (χ3n) is 4.90. The van der Waals surface area contributed by atoms with E-state index in [1.54, 1.807) is 17.8 Å². The summed E-state index contributed by atoms with van der Waals surface area (Å²) in [5.74, 6) is -0.441. The van der Waals surface area contributed by atoms with Crippen molar-refractivity contribution in [3.05, 3.63) is 64.7 Å². The number of ether oxygens (including phenoxy) is 1. The summed E-state index contributed by atoms with van der Waals surface area (Å²) in [6, 6.07) is 13.9. The number of carbonyl (C=O) groups excluding carboxylic acids is 1. The molecule has 6 heteroatoms. The van der Waals surface area contributed by atoms with Crippen molar-refractivity contribution in [2.75, 3.05) is 13.2 Å². The number of benzene rings is 2. The summed E-state index contributed by atoms with van der Waals surface area (Å²) in [5, 5.41) is 12.1. The summed E-state index contributed by atoms with van der Waals surface area (Å²) in [6.45, 7) is 4.86. The van der Waals surface area contributed by atoms with E-state index in [0.29, 0.717) is 18.6 Å². The topological polar surface area (TPSA) is 75.6 Å². The van der Waals surface area contributed by atoms with Crippen molar-refractivity contribution in [1.82, 2.24) is 5.32 Å². The molecule has 1 saturated heterocycles. The van der Waals surface area contributed by atoms with Crippen molar-refractivity contribution in [1.29, 1.82) is 0 Å². The molecule has 0 saturated carbocycles. The highest BCUT2D eigenvalue weighted by Crippen LogP contribution is 2.28. The summed E-state index contributed by atoms with van der Waals surface area (Å²) in [5.41, 5.74) is 3.22. The van der Waals surface area contributed by atoms with Crippen LogP contribution in [-0.4, -0.2) is 35.7 Å². The van der Waals surface area contributed by atoms with Crippen LogP contribution in [-0.2, 0) is 15.3 Å². The van der Waals surface area contributed by atoms with Crippen LogP contribution in [0.1, 0.15) is 39.9 Å². The molecule has 5 nitrogen and oxygen atoms in total. The number of thioether (sulfide) groups is 1. The monoisotopic (exact) mass is 399 g/mol. The van der Waals surface area contributed by atoms with E-state index in [2.05, 4.69) is 37.4 Å². The van der Waals surface area contributed by atoms with Gasteiger partial charge in [0.25, 0.3) is 5.91 Å². The van der Waals surface area contributed by atoms with Gasteiger partial charge in [-0.3, -0.25) is 9.59 Å². The molecular formula is C22H25NO4S. The Morgan fingerprint density at radius 3 is 2.75 bits per heavy atom. The number of amides is 1. The van der Waals surface area contributed by atoms with E-state index >= 15 is 0 Å². The van der Waals surface area contributed by atoms with Gasteiger partial charge < -0.3 is 15.2 Å². The van der Waals surface area contributed by atoms with Crippen LogP contribution in [0.15, 0.2) is 47.4 Å². The number of carbonyl (C=O) groups is 2. The first kappa shape index (κ1) is 20.4. The zero-order valence-electron chi connectivity index (χ0n) is 16.2. The quantitative estimate of drug-likeness (QED) is 0.690. The van der Waals surface area contributed by atoms with Crippen LogP contribution in [0.2, 0.25) is 0 Å². The molecule has 1 unspecified atom stereocenters. The number of nitrogens with one attached hydrogen (secondary N) is 1. The standard InChI is InChI=1S/C22H25NO4S/c1-15-6-7-16(2)19(10-15)28-13-17-4-3-5-18(11-17)21(26)23-22(12-20(24)25)8-9-27-14-22/h3-7,10-11H,8-9,12-14H2,1-2H3,(H,23,26)(H,24,25). The second kappa shape index (κ2) is 8.80. The Morgan fingerprint density at radius 2 is 2.04 bits per heavy atom. The Morgan fingerprint density at radius 1 is 1.21 bits per heavy atom. The lowest BCUT2D eigenvalue weighted by Gasteiger charge is -2.27. The van der Waals surface area contributed by atoms with Crippen LogP contribution < -0.4 is 5.32 Å². The first-order valence-corrected chi connectivity index (χ1v) is 10.3. The van der Waals surface area contributed by atoms with Gasteiger partial charge in [0.05, 0.1) is 18.6 Å². The maximum atomic E-state index is 12.7. The lowest BCUT2D eigenvalue weighted by atomic mass is 9.93. The van der Waals surface area contributed by atoms with E-state index in [4.69, 9.17) is 4.74 Å². The van der Waals surface area contributed by atoms with Crippen molar-refractivity contribution in [2.45, 2.75) is 42.9 Å². The summed E-state index contributed by atoms with van der Waals surface area (Å²) in [6.07, 6.45) is 0.369. The van der Waals surface area contributed by atoms with E-state index in [-0.39, 0.29) is 18.9 Å². The summed E-state index contributed by atoms with van der Waals surface area (Å²) in [7, 11) is 0. The van der Waals surface area contributed by atoms with E-state index in [1.807, 2.05) is 18.2 Å². The van der Waals surface area contributed by atoms with Crippen LogP contribution in [0, 0.1) is 13.8 Å². The first-order chi connectivity index (χ1) is 13.4. The van der Waals surface area contributed by atoms with E-state index < -0.39 is 11.5 Å². The molecule has 1 amide bonds. The second-order valence-corrected chi connectivity index (χ2v) is 8.38. The van der Waals surface area contributed by atoms with E-state index in [1.165, 1.54) is 16.0 Å². The second-order valence-electron chi connectivity index (χ2n) is 7.37. The lowest BCUT2D eigenvalue weighted by molar-refractivity contribution is -0.138. The average Bonchev–Trinajstić information content (AvgIpc) is 3.09. The van der Waals surface area contributed by atoms with Crippen LogP contribution in [0.5, 0.6) is 0 Å². The highest BCUT2D eigenvalue weighted by atomic mass is 32.2. The Hall–Kier alpha value is -2.31. The van der Waals surface area contributed by atoms with Crippen molar-refractivity contribution >= 4 is 23.6 Å². The fourth-order valence-electron chi connectivity index (χ4n) is 3.32. The predicted octanol–water partition coefficient (Wildman–Crippen LogP) is 3.96. The molecular weight excluding hydrogens is 374 g/mol. The summed E-state index contributed by atoms with van der Waals surface area (Å²) in [4.78, 5) is 25.2. The number of rotatable bonds is 7. The molecule has 1 aliphatic heterocycles. The molecule has 1 heterocycles. The smallest absolute Gasteiger partial charge is 0.305 e. The summed E-state index contributed by atoms with van der Waals surface area (Å²) < 4.78 is 5.35. The van der Waals surface area contributed by atoms with Crippen LogP contribution in [0.3, 0.4) is 0 Å². The highest BCUT2D eigenvalue weighted by Gasteiger charge is 2.38. The van der Waals surface area contributed by atoms with Gasteiger partial charge in [-0.15, -0.1) is 11.8 Å². The van der Waals surface area contributed by atoms with Crippen molar-refractivity contribution in [3.8, 4) is 0 Å². The number of carboxylic acids is 1. The zero-order chi connectivity index (χ0) is 20.1. The minimum absolute atomic E-state index is 0.138. The predicted molar refractivity (Wildman–Crippen MR) is 110 cm³/mol. The van der Waals surface area contributed by atoms with Gasteiger partial charge in [-0.05, 0) is 49.6 Å². The molecule has 0 bridgehead atoms. The number of carboxylic acid groups (broad SMARTS) is 1. The van der Waals surface area contributed by atoms with Gasteiger partial charge in [0, 0.05) is 22.8 Å². The van der Waals surface area contributed by atoms with Gasteiger partial charge in [0.1, 0.15) is 0 Å². The van der Waals surface area contributed by atoms with Crippen molar-refractivity contribution < 1.29 is 19.4 Å². The third kappa shape index (κ3) is 5.14. The van der Waals surface area contributed by atoms with Gasteiger partial charge in [-0.2, -0.15) is 0 Å². The number of aliphatic carboxylic acids is 1. The largest absolute Gasteiger partial charge is 0.481 e.